The van der Waals surface area contributed by atoms with Gasteiger partial charge < -0.3 is 15.2 Å². The second-order valence-corrected chi connectivity index (χ2v) is 8.47. The Bertz CT molecular complexity index is 1160. The first-order valence-electron chi connectivity index (χ1n) is 10.9. The number of carbonyl (C=O) groups is 1. The molecule has 3 aromatic rings. The molecule has 1 aliphatic heterocycles. The summed E-state index contributed by atoms with van der Waals surface area (Å²) < 4.78 is 2.08. The van der Waals surface area contributed by atoms with Gasteiger partial charge in [0.1, 0.15) is 0 Å². The predicted molar refractivity (Wildman–Crippen MR) is 127 cm³/mol. The smallest absolute Gasteiger partial charge is 0.262 e. The lowest BCUT2D eigenvalue weighted by atomic mass is 10.1. The number of nitrogens with one attached hydrogen (secondary N) is 2. The lowest BCUT2D eigenvalue weighted by molar-refractivity contribution is -0.130. The van der Waals surface area contributed by atoms with Crippen LogP contribution in [0.15, 0.2) is 59.4 Å². The Morgan fingerprint density at radius 1 is 1.06 bits per heavy atom. The lowest BCUT2D eigenvalue weighted by Gasteiger charge is -2.18. The summed E-state index contributed by atoms with van der Waals surface area (Å²) in [5.41, 5.74) is 1.82. The summed E-state index contributed by atoms with van der Waals surface area (Å²) in [6.07, 6.45) is 4.06. The second-order valence-electron chi connectivity index (χ2n) is 8.08. The standard InChI is InChI=1S/C24H28N4O2S/c29-22(27-16-14-19(17-27)25-18-9-3-1-4-10-18)13-5-2-8-15-28-23(30)20-11-6-7-12-21(20)26-24(28)31/h1,3-4,6-7,9-12,19,25H,2,5,8,13-17H2,(H,26,31). The zero-order valence-corrected chi connectivity index (χ0v) is 18.4. The normalized spacial score (nSPS) is 16.0. The van der Waals surface area contributed by atoms with Crippen LogP contribution < -0.4 is 10.9 Å². The summed E-state index contributed by atoms with van der Waals surface area (Å²) in [6, 6.07) is 17.9. The van der Waals surface area contributed by atoms with Crippen LogP contribution >= 0.6 is 12.2 Å². The number of carbonyl (C=O) groups excluding carboxylic acids is 1. The van der Waals surface area contributed by atoms with Gasteiger partial charge in [-0.15, -0.1) is 0 Å². The molecular formula is C24H28N4O2S. The number of nitrogens with zero attached hydrogens (tertiary/aromatic N) is 2. The van der Waals surface area contributed by atoms with E-state index in [-0.39, 0.29) is 11.5 Å². The number of amides is 1. The van der Waals surface area contributed by atoms with E-state index in [0.717, 1.165) is 50.0 Å². The number of rotatable bonds is 8. The van der Waals surface area contributed by atoms with Crippen molar-refractivity contribution in [1.29, 1.82) is 0 Å². The Balaban J connectivity index is 1.21. The van der Waals surface area contributed by atoms with Crippen molar-refractivity contribution in [1.82, 2.24) is 14.5 Å². The zero-order chi connectivity index (χ0) is 21.6. The van der Waals surface area contributed by atoms with Crippen molar-refractivity contribution in [3.63, 3.8) is 0 Å². The molecule has 1 aromatic heterocycles. The maximum absolute atomic E-state index is 12.7. The van der Waals surface area contributed by atoms with Crippen molar-refractivity contribution < 1.29 is 4.79 Å². The van der Waals surface area contributed by atoms with Crippen LogP contribution in [0.1, 0.15) is 32.1 Å². The van der Waals surface area contributed by atoms with E-state index in [1.54, 1.807) is 4.57 Å². The van der Waals surface area contributed by atoms with Gasteiger partial charge in [0.05, 0.1) is 10.9 Å². The average molecular weight is 437 g/mol. The van der Waals surface area contributed by atoms with Crippen molar-refractivity contribution in [2.24, 2.45) is 0 Å². The summed E-state index contributed by atoms with van der Waals surface area (Å²) in [4.78, 5) is 30.3. The molecule has 7 heteroatoms. The Kier molecular flexibility index (Phi) is 6.82. The number of fused-ring (bicyclic) bond motifs is 1. The van der Waals surface area contributed by atoms with Gasteiger partial charge in [0.25, 0.3) is 5.56 Å². The van der Waals surface area contributed by atoms with Gasteiger partial charge in [0.15, 0.2) is 4.77 Å². The largest absolute Gasteiger partial charge is 0.380 e. The van der Waals surface area contributed by atoms with E-state index in [4.69, 9.17) is 12.2 Å². The van der Waals surface area contributed by atoms with Gasteiger partial charge in [-0.05, 0) is 55.7 Å². The minimum Gasteiger partial charge on any atom is -0.380 e. The van der Waals surface area contributed by atoms with Gasteiger partial charge in [-0.2, -0.15) is 0 Å². The summed E-state index contributed by atoms with van der Waals surface area (Å²) in [5.74, 6) is 0.220. The number of aromatic amines is 1. The number of unbranched alkanes of at least 4 members (excludes halogenated alkanes) is 2. The highest BCUT2D eigenvalue weighted by atomic mass is 32.1. The first kappa shape index (κ1) is 21.3. The van der Waals surface area contributed by atoms with Crippen molar-refractivity contribution in [3.8, 4) is 0 Å². The summed E-state index contributed by atoms with van der Waals surface area (Å²) in [6.45, 7) is 2.14. The number of benzene rings is 2. The molecule has 162 valence electrons. The van der Waals surface area contributed by atoms with Crippen LogP contribution in [0.5, 0.6) is 0 Å². The number of hydrogen-bond acceptors (Lipinski definition) is 4. The van der Waals surface area contributed by atoms with Gasteiger partial charge in [-0.3, -0.25) is 14.2 Å². The number of H-pyrrole nitrogens is 1. The van der Waals surface area contributed by atoms with Crippen LogP contribution in [0.4, 0.5) is 5.69 Å². The molecule has 0 bridgehead atoms. The molecule has 1 aliphatic rings. The number of para-hydroxylation sites is 2. The molecule has 0 saturated carbocycles. The maximum atomic E-state index is 12.7. The molecule has 31 heavy (non-hydrogen) atoms. The average Bonchev–Trinajstić information content (AvgIpc) is 3.24. The first-order valence-corrected chi connectivity index (χ1v) is 11.3. The minimum absolute atomic E-state index is 0.0514. The molecule has 1 fully saturated rings. The molecule has 2 N–H and O–H groups in total. The Hall–Kier alpha value is -2.93. The Morgan fingerprint density at radius 3 is 2.68 bits per heavy atom. The van der Waals surface area contributed by atoms with Crippen molar-refractivity contribution in [2.45, 2.75) is 44.7 Å². The predicted octanol–water partition coefficient (Wildman–Crippen LogP) is 4.33. The summed E-state index contributed by atoms with van der Waals surface area (Å²) in [7, 11) is 0. The minimum atomic E-state index is -0.0514. The second kappa shape index (κ2) is 9.92. The third kappa shape index (κ3) is 5.22. The van der Waals surface area contributed by atoms with E-state index in [9.17, 15) is 9.59 Å². The molecule has 6 nitrogen and oxygen atoms in total. The van der Waals surface area contributed by atoms with Crippen LogP contribution in [0.2, 0.25) is 0 Å². The monoisotopic (exact) mass is 436 g/mol. The molecule has 2 heterocycles. The van der Waals surface area contributed by atoms with E-state index < -0.39 is 0 Å². The molecule has 0 spiro atoms. The quantitative estimate of drug-likeness (QED) is 0.407. The molecule has 0 aliphatic carbocycles. The molecule has 1 amide bonds. The van der Waals surface area contributed by atoms with Crippen LogP contribution in [0, 0.1) is 4.77 Å². The Labute approximate surface area is 186 Å². The highest BCUT2D eigenvalue weighted by molar-refractivity contribution is 7.71. The molecule has 1 unspecified atom stereocenters. The Morgan fingerprint density at radius 2 is 1.84 bits per heavy atom. The van der Waals surface area contributed by atoms with Crippen LogP contribution in [0.25, 0.3) is 10.9 Å². The molecule has 0 radical (unpaired) electrons. The van der Waals surface area contributed by atoms with Crippen molar-refractivity contribution in [2.75, 3.05) is 18.4 Å². The maximum Gasteiger partial charge on any atom is 0.262 e. The molecule has 1 atom stereocenters. The summed E-state index contributed by atoms with van der Waals surface area (Å²) >= 11 is 5.36. The van der Waals surface area contributed by atoms with E-state index in [1.807, 2.05) is 47.4 Å². The number of likely N-dealkylation sites (tertiary alicyclic amines) is 1. The fraction of sp³-hybridized carbons (Fsp3) is 0.375. The SMILES string of the molecule is O=C(CCCCCn1c(=S)[nH]c2ccccc2c1=O)N1CCC(Nc2ccccc2)C1. The van der Waals surface area contributed by atoms with E-state index in [0.29, 0.717) is 29.2 Å². The molecule has 4 rings (SSSR count). The lowest BCUT2D eigenvalue weighted by Crippen LogP contribution is -2.31. The third-order valence-electron chi connectivity index (χ3n) is 5.85. The topological polar surface area (TPSA) is 70.1 Å². The fourth-order valence-corrected chi connectivity index (χ4v) is 4.44. The number of anilines is 1. The molecular weight excluding hydrogens is 408 g/mol. The van der Waals surface area contributed by atoms with Crippen LogP contribution in [-0.2, 0) is 11.3 Å². The number of hydrogen-bond donors (Lipinski definition) is 2. The van der Waals surface area contributed by atoms with Crippen LogP contribution in [-0.4, -0.2) is 39.5 Å². The van der Waals surface area contributed by atoms with Crippen molar-refractivity contribution in [3.05, 3.63) is 69.7 Å². The third-order valence-corrected chi connectivity index (χ3v) is 6.17. The van der Waals surface area contributed by atoms with E-state index in [2.05, 4.69) is 22.4 Å². The van der Waals surface area contributed by atoms with Gasteiger partial charge in [0.2, 0.25) is 5.91 Å². The van der Waals surface area contributed by atoms with Gasteiger partial charge in [-0.1, -0.05) is 36.8 Å². The van der Waals surface area contributed by atoms with E-state index in [1.165, 1.54) is 0 Å². The highest BCUT2D eigenvalue weighted by Gasteiger charge is 2.25. The van der Waals surface area contributed by atoms with Gasteiger partial charge in [0, 0.05) is 37.8 Å². The molecule has 2 aromatic carbocycles. The molecule has 1 saturated heterocycles. The van der Waals surface area contributed by atoms with Crippen molar-refractivity contribution >= 4 is 34.7 Å². The van der Waals surface area contributed by atoms with E-state index >= 15 is 0 Å². The van der Waals surface area contributed by atoms with Gasteiger partial charge in [-0.25, -0.2) is 0 Å². The number of aromatic nitrogens is 2. The van der Waals surface area contributed by atoms with Crippen LogP contribution in [0.3, 0.4) is 0 Å². The first-order chi connectivity index (χ1) is 15.1. The summed E-state index contributed by atoms with van der Waals surface area (Å²) in [5, 5.41) is 4.16. The van der Waals surface area contributed by atoms with Gasteiger partial charge >= 0.3 is 0 Å². The fourth-order valence-electron chi connectivity index (χ4n) is 4.16. The highest BCUT2D eigenvalue weighted by Crippen LogP contribution is 2.17. The zero-order valence-electron chi connectivity index (χ0n) is 17.5.